The normalized spacial score (nSPS) is 17.3. The van der Waals surface area contributed by atoms with Crippen molar-refractivity contribution in [2.24, 2.45) is 0 Å². The van der Waals surface area contributed by atoms with Gasteiger partial charge in [0.1, 0.15) is 0 Å². The van der Waals surface area contributed by atoms with E-state index in [-0.39, 0.29) is 28.7 Å². The van der Waals surface area contributed by atoms with Crippen LogP contribution in [0.25, 0.3) is 0 Å². The van der Waals surface area contributed by atoms with E-state index in [2.05, 4.69) is 4.72 Å². The van der Waals surface area contributed by atoms with Crippen LogP contribution in [-0.4, -0.2) is 53.2 Å². The lowest BCUT2D eigenvalue weighted by Gasteiger charge is -2.26. The summed E-state index contributed by atoms with van der Waals surface area (Å²) in [6.45, 7) is 1.53. The van der Waals surface area contributed by atoms with Crippen LogP contribution < -0.4 is 9.62 Å². The predicted octanol–water partition coefficient (Wildman–Crippen LogP) is 2.12. The summed E-state index contributed by atoms with van der Waals surface area (Å²) in [6, 6.07) is 12.9. The zero-order valence-electron chi connectivity index (χ0n) is 17.7. The molecule has 10 heteroatoms. The number of benzene rings is 2. The second-order valence-corrected chi connectivity index (χ2v) is 11.7. The van der Waals surface area contributed by atoms with Crippen LogP contribution in [0.1, 0.15) is 31.2 Å². The van der Waals surface area contributed by atoms with E-state index >= 15 is 0 Å². The maximum Gasteiger partial charge on any atom is 0.243 e. The van der Waals surface area contributed by atoms with Crippen molar-refractivity contribution in [3.63, 3.8) is 0 Å². The first-order valence-electron chi connectivity index (χ1n) is 10.8. The summed E-state index contributed by atoms with van der Waals surface area (Å²) in [5.74, 6) is -0.203. The highest BCUT2D eigenvalue weighted by molar-refractivity contribution is 7.89. The van der Waals surface area contributed by atoms with Crippen molar-refractivity contribution < 1.29 is 21.6 Å². The monoisotopic (exact) mass is 477 g/mol. The molecule has 32 heavy (non-hydrogen) atoms. The minimum atomic E-state index is -3.66. The molecule has 0 aromatic heterocycles. The van der Waals surface area contributed by atoms with Crippen LogP contribution in [0.15, 0.2) is 58.3 Å². The van der Waals surface area contributed by atoms with Crippen LogP contribution in [0.5, 0.6) is 0 Å². The van der Waals surface area contributed by atoms with Crippen molar-refractivity contribution in [3.05, 3.63) is 54.1 Å². The lowest BCUT2D eigenvalue weighted by atomic mass is 10.2. The predicted molar refractivity (Wildman–Crippen MR) is 121 cm³/mol. The van der Waals surface area contributed by atoms with Crippen LogP contribution in [-0.2, 0) is 31.3 Å². The fraction of sp³-hybridized carbons (Fsp3) is 0.409. The van der Waals surface area contributed by atoms with E-state index in [1.54, 1.807) is 41.3 Å². The van der Waals surface area contributed by atoms with E-state index in [4.69, 9.17) is 0 Å². The molecule has 2 aromatic carbocycles. The molecule has 2 aromatic rings. The average molecular weight is 478 g/mol. The van der Waals surface area contributed by atoms with Crippen LogP contribution >= 0.6 is 0 Å². The van der Waals surface area contributed by atoms with Gasteiger partial charge in [0.2, 0.25) is 26.0 Å². The van der Waals surface area contributed by atoms with Gasteiger partial charge in [0.25, 0.3) is 0 Å². The van der Waals surface area contributed by atoms with Crippen LogP contribution in [0.4, 0.5) is 5.69 Å². The molecule has 0 aliphatic carbocycles. The Labute approximate surface area is 189 Å². The van der Waals surface area contributed by atoms with Gasteiger partial charge in [-0.05, 0) is 55.2 Å². The third kappa shape index (κ3) is 4.73. The zero-order chi connectivity index (χ0) is 22.8. The number of carbonyl (C=O) groups excluding carboxylic acids is 1. The maximum absolute atomic E-state index is 12.9. The van der Waals surface area contributed by atoms with Crippen molar-refractivity contribution in [1.29, 1.82) is 0 Å². The smallest absolute Gasteiger partial charge is 0.243 e. The number of sulfonamides is 2. The summed E-state index contributed by atoms with van der Waals surface area (Å²) in [7, 11) is -7.19. The van der Waals surface area contributed by atoms with E-state index < -0.39 is 20.0 Å². The SMILES string of the molecule is O=C(CCNS(=O)(=O)c1ccccc1)N1CCc2cc(S(=O)(=O)N3CCCCC3)ccc21. The minimum absolute atomic E-state index is 0.0106. The van der Waals surface area contributed by atoms with Crippen LogP contribution in [0.3, 0.4) is 0 Å². The molecular weight excluding hydrogens is 450 g/mol. The molecule has 0 radical (unpaired) electrons. The van der Waals surface area contributed by atoms with Gasteiger partial charge in [-0.1, -0.05) is 24.6 Å². The van der Waals surface area contributed by atoms with Gasteiger partial charge in [-0.3, -0.25) is 4.79 Å². The number of fused-ring (bicyclic) bond motifs is 1. The Kier molecular flexibility index (Phi) is 6.66. The summed E-state index contributed by atoms with van der Waals surface area (Å²) in [4.78, 5) is 14.7. The summed E-state index contributed by atoms with van der Waals surface area (Å²) in [6.07, 6.45) is 3.38. The van der Waals surface area contributed by atoms with Crippen molar-refractivity contribution in [1.82, 2.24) is 9.03 Å². The van der Waals surface area contributed by atoms with Crippen LogP contribution in [0.2, 0.25) is 0 Å². The second kappa shape index (κ2) is 9.30. The lowest BCUT2D eigenvalue weighted by Crippen LogP contribution is -2.35. The number of anilines is 1. The molecule has 2 heterocycles. The number of hydrogen-bond acceptors (Lipinski definition) is 5. The van der Waals surface area contributed by atoms with Gasteiger partial charge >= 0.3 is 0 Å². The molecule has 2 aliphatic rings. The fourth-order valence-corrected chi connectivity index (χ4v) is 6.78. The van der Waals surface area contributed by atoms with Crippen molar-refractivity contribution >= 4 is 31.6 Å². The Bertz CT molecular complexity index is 1190. The number of nitrogens with zero attached hydrogens (tertiary/aromatic N) is 2. The zero-order valence-corrected chi connectivity index (χ0v) is 19.4. The Hall–Kier alpha value is -2.27. The van der Waals surface area contributed by atoms with Gasteiger partial charge < -0.3 is 4.90 Å². The molecule has 172 valence electrons. The Morgan fingerprint density at radius 2 is 1.59 bits per heavy atom. The highest BCUT2D eigenvalue weighted by Gasteiger charge is 2.30. The molecule has 0 spiro atoms. The van der Waals surface area contributed by atoms with Gasteiger partial charge in [0.15, 0.2) is 0 Å². The number of hydrogen-bond donors (Lipinski definition) is 1. The van der Waals surface area contributed by atoms with E-state index in [9.17, 15) is 21.6 Å². The summed E-state index contributed by atoms with van der Waals surface area (Å²) < 4.78 is 54.5. The summed E-state index contributed by atoms with van der Waals surface area (Å²) >= 11 is 0. The van der Waals surface area contributed by atoms with Crippen molar-refractivity contribution in [3.8, 4) is 0 Å². The van der Waals surface area contributed by atoms with E-state index in [0.29, 0.717) is 31.7 Å². The van der Waals surface area contributed by atoms with Gasteiger partial charge in [-0.2, -0.15) is 4.31 Å². The van der Waals surface area contributed by atoms with Gasteiger partial charge in [-0.15, -0.1) is 0 Å². The first kappa shape index (κ1) is 22.9. The molecule has 0 atom stereocenters. The van der Waals surface area contributed by atoms with Crippen molar-refractivity contribution in [2.75, 3.05) is 31.1 Å². The fourth-order valence-electron chi connectivity index (χ4n) is 4.16. The Morgan fingerprint density at radius 1 is 0.875 bits per heavy atom. The molecular formula is C22H27N3O5S2. The molecule has 1 N–H and O–H groups in total. The molecule has 4 rings (SSSR count). The third-order valence-corrected chi connectivity index (χ3v) is 9.26. The standard InChI is InChI=1S/C22H27N3O5S2/c26-22(11-13-23-31(27,28)19-7-3-1-4-8-19)25-16-12-18-17-20(9-10-21(18)25)32(29,30)24-14-5-2-6-15-24/h1,3-4,7-10,17,23H,2,5-6,11-16H2. The Morgan fingerprint density at radius 3 is 2.31 bits per heavy atom. The average Bonchev–Trinajstić information content (AvgIpc) is 3.23. The molecule has 0 saturated carbocycles. The van der Waals surface area contributed by atoms with Gasteiger partial charge in [0, 0.05) is 38.3 Å². The number of rotatable bonds is 7. The highest BCUT2D eigenvalue weighted by atomic mass is 32.2. The van der Waals surface area contributed by atoms with Crippen LogP contribution in [0, 0.1) is 0 Å². The quantitative estimate of drug-likeness (QED) is 0.658. The first-order valence-corrected chi connectivity index (χ1v) is 13.7. The Balaban J connectivity index is 1.40. The molecule has 2 aliphatic heterocycles. The second-order valence-electron chi connectivity index (χ2n) is 8.01. The number of amides is 1. The number of piperidine rings is 1. The lowest BCUT2D eigenvalue weighted by molar-refractivity contribution is -0.118. The topological polar surface area (TPSA) is 104 Å². The molecule has 1 saturated heterocycles. The van der Waals surface area contributed by atoms with Crippen molar-refractivity contribution in [2.45, 2.75) is 41.9 Å². The largest absolute Gasteiger partial charge is 0.312 e. The molecule has 0 bridgehead atoms. The van der Waals surface area contributed by atoms with E-state index in [1.807, 2.05) is 0 Å². The molecule has 8 nitrogen and oxygen atoms in total. The van der Waals surface area contributed by atoms with Gasteiger partial charge in [-0.25, -0.2) is 21.6 Å². The highest BCUT2D eigenvalue weighted by Crippen LogP contribution is 2.32. The summed E-state index contributed by atoms with van der Waals surface area (Å²) in [5, 5.41) is 0. The maximum atomic E-state index is 12.9. The minimum Gasteiger partial charge on any atom is -0.312 e. The third-order valence-electron chi connectivity index (χ3n) is 5.88. The molecule has 1 fully saturated rings. The number of nitrogens with one attached hydrogen (secondary N) is 1. The summed E-state index contributed by atoms with van der Waals surface area (Å²) in [5.41, 5.74) is 1.51. The molecule has 1 amide bonds. The number of carbonyl (C=O) groups is 1. The first-order chi connectivity index (χ1) is 15.3. The van der Waals surface area contributed by atoms with E-state index in [1.165, 1.54) is 16.4 Å². The van der Waals surface area contributed by atoms with Gasteiger partial charge in [0.05, 0.1) is 9.79 Å². The van der Waals surface area contributed by atoms with E-state index in [0.717, 1.165) is 24.8 Å². The molecule has 0 unspecified atom stereocenters.